The van der Waals surface area contributed by atoms with Gasteiger partial charge in [-0.05, 0) is 49.8 Å². The van der Waals surface area contributed by atoms with Gasteiger partial charge in [-0.1, -0.05) is 6.07 Å². The van der Waals surface area contributed by atoms with Crippen molar-refractivity contribution in [1.29, 1.82) is 0 Å². The van der Waals surface area contributed by atoms with Gasteiger partial charge in [-0.2, -0.15) is 0 Å². The van der Waals surface area contributed by atoms with Gasteiger partial charge >= 0.3 is 6.03 Å². The maximum absolute atomic E-state index is 13.9. The summed E-state index contributed by atoms with van der Waals surface area (Å²) in [7, 11) is -3.74. The number of halogens is 1. The number of amides is 3. The third-order valence-corrected chi connectivity index (χ3v) is 6.00. The minimum absolute atomic E-state index is 0.000229. The lowest BCUT2D eigenvalue weighted by molar-refractivity contribution is -0.118. The summed E-state index contributed by atoms with van der Waals surface area (Å²) in [4.78, 5) is 23.8. The lowest BCUT2D eigenvalue weighted by Crippen LogP contribution is -2.31. The second-order valence-electron chi connectivity index (χ2n) is 7.55. The molecule has 1 aromatic rings. The third kappa shape index (κ3) is 6.64. The Morgan fingerprint density at radius 3 is 2.77 bits per heavy atom. The van der Waals surface area contributed by atoms with Gasteiger partial charge < -0.3 is 14.4 Å². The van der Waals surface area contributed by atoms with E-state index in [4.69, 9.17) is 9.47 Å². The van der Waals surface area contributed by atoms with Crippen LogP contribution in [0.3, 0.4) is 0 Å². The molecule has 0 aromatic heterocycles. The van der Waals surface area contributed by atoms with Crippen LogP contribution < -0.4 is 14.8 Å². The fourth-order valence-corrected chi connectivity index (χ4v) is 4.03. The molecule has 3 amide bonds. The summed E-state index contributed by atoms with van der Waals surface area (Å²) in [6.45, 7) is 2.52. The molecular weight excluding hydrogens is 417 g/mol. The fourth-order valence-electron chi connectivity index (χ4n) is 2.95. The predicted molar refractivity (Wildman–Crippen MR) is 106 cm³/mol. The average Bonchev–Trinajstić information content (AvgIpc) is 3.44. The molecule has 1 atom stereocenters. The van der Waals surface area contributed by atoms with Crippen LogP contribution in [0.2, 0.25) is 0 Å². The Morgan fingerprint density at radius 2 is 2.10 bits per heavy atom. The van der Waals surface area contributed by atoms with E-state index in [0.717, 1.165) is 12.8 Å². The second kappa shape index (κ2) is 9.71. The normalized spacial score (nSPS) is 17.9. The largest absolute Gasteiger partial charge is 0.490 e. The number of hydrogen-bond acceptors (Lipinski definition) is 6. The highest BCUT2D eigenvalue weighted by Crippen LogP contribution is 2.31. The van der Waals surface area contributed by atoms with Crippen molar-refractivity contribution in [3.8, 4) is 5.75 Å². The number of nitrogens with one attached hydrogen (secondary N) is 2. The van der Waals surface area contributed by atoms with Crippen LogP contribution in [0.4, 0.5) is 9.18 Å². The first-order valence-corrected chi connectivity index (χ1v) is 11.5. The molecule has 0 radical (unpaired) electrons. The van der Waals surface area contributed by atoms with Crippen molar-refractivity contribution in [3.05, 3.63) is 29.6 Å². The zero-order chi connectivity index (χ0) is 21.7. The summed E-state index contributed by atoms with van der Waals surface area (Å²) >= 11 is 0. The summed E-state index contributed by atoms with van der Waals surface area (Å²) in [5.74, 6) is -0.795. The molecule has 3 rings (SSSR count). The number of imide groups is 1. The maximum Gasteiger partial charge on any atom is 0.324 e. The van der Waals surface area contributed by atoms with Crippen molar-refractivity contribution in [2.75, 3.05) is 32.2 Å². The predicted octanol–water partition coefficient (Wildman–Crippen LogP) is 1.51. The van der Waals surface area contributed by atoms with Gasteiger partial charge in [0.2, 0.25) is 15.9 Å². The highest BCUT2D eigenvalue weighted by molar-refractivity contribution is 7.89. The first kappa shape index (κ1) is 22.4. The molecule has 1 aliphatic heterocycles. The molecule has 166 valence electrons. The fraction of sp³-hybridized carbons (Fsp3) is 0.579. The quantitative estimate of drug-likeness (QED) is 0.374. The van der Waals surface area contributed by atoms with E-state index in [-0.39, 0.29) is 24.8 Å². The van der Waals surface area contributed by atoms with Gasteiger partial charge in [-0.15, -0.1) is 0 Å². The van der Waals surface area contributed by atoms with Gasteiger partial charge in [0.1, 0.15) is 6.54 Å². The lowest BCUT2D eigenvalue weighted by atomic mass is 10.1. The zero-order valence-corrected chi connectivity index (χ0v) is 17.5. The minimum Gasteiger partial charge on any atom is -0.490 e. The Bertz CT molecular complexity index is 890. The van der Waals surface area contributed by atoms with Gasteiger partial charge in [-0.3, -0.25) is 10.1 Å². The molecule has 9 nitrogen and oxygen atoms in total. The number of hydrogen-bond donors (Lipinski definition) is 2. The van der Waals surface area contributed by atoms with Crippen LogP contribution in [0.1, 0.15) is 37.8 Å². The number of carbonyl (C=O) groups excluding carboxylic acids is 2. The van der Waals surface area contributed by atoms with Crippen molar-refractivity contribution in [2.24, 2.45) is 5.92 Å². The van der Waals surface area contributed by atoms with Crippen molar-refractivity contribution >= 4 is 22.0 Å². The van der Waals surface area contributed by atoms with Crippen LogP contribution in [0.25, 0.3) is 0 Å². The van der Waals surface area contributed by atoms with Crippen LogP contribution in [0.5, 0.6) is 5.75 Å². The molecule has 2 aliphatic rings. The van der Waals surface area contributed by atoms with Crippen molar-refractivity contribution in [3.63, 3.8) is 0 Å². The van der Waals surface area contributed by atoms with Gasteiger partial charge in [-0.25, -0.2) is 22.3 Å². The Labute approximate surface area is 174 Å². The number of urea groups is 1. The third-order valence-electron chi connectivity index (χ3n) is 4.81. The molecule has 1 saturated carbocycles. The van der Waals surface area contributed by atoms with E-state index in [2.05, 4.69) is 10.0 Å². The molecule has 1 aliphatic carbocycles. The molecule has 0 spiro atoms. The second-order valence-corrected chi connectivity index (χ2v) is 9.25. The number of rotatable bonds is 12. The van der Waals surface area contributed by atoms with Gasteiger partial charge in [0, 0.05) is 19.2 Å². The van der Waals surface area contributed by atoms with Crippen LogP contribution in [-0.4, -0.2) is 57.5 Å². The molecular formula is C19H26FN3O6S. The summed E-state index contributed by atoms with van der Waals surface area (Å²) in [6.07, 6.45) is 2.56. The van der Waals surface area contributed by atoms with Crippen LogP contribution in [0, 0.1) is 11.7 Å². The van der Waals surface area contributed by atoms with Crippen LogP contribution in [0.15, 0.2) is 18.2 Å². The number of sulfonamides is 1. The molecule has 1 heterocycles. The van der Waals surface area contributed by atoms with E-state index >= 15 is 0 Å². The van der Waals surface area contributed by atoms with E-state index in [1.54, 1.807) is 6.92 Å². The smallest absolute Gasteiger partial charge is 0.324 e. The SMILES string of the molecule is C[C@@H](NS(=O)(=O)COCCCN1CC(=O)NC1=O)c1ccc(F)c(OCC2CC2)c1. The van der Waals surface area contributed by atoms with Crippen molar-refractivity contribution in [2.45, 2.75) is 32.2 Å². The molecule has 1 aromatic carbocycles. The van der Waals surface area contributed by atoms with E-state index in [9.17, 15) is 22.4 Å². The summed E-state index contributed by atoms with van der Waals surface area (Å²) < 4.78 is 51.6. The lowest BCUT2D eigenvalue weighted by Gasteiger charge is -2.17. The highest BCUT2D eigenvalue weighted by atomic mass is 32.2. The summed E-state index contributed by atoms with van der Waals surface area (Å²) in [6, 6.07) is 3.23. The Balaban J connectivity index is 1.42. The average molecular weight is 443 g/mol. The Kier molecular flexibility index (Phi) is 7.27. The topological polar surface area (TPSA) is 114 Å². The van der Waals surface area contributed by atoms with E-state index in [1.807, 2.05) is 0 Å². The standard InChI is InChI=1S/C19H26FN3O6S/c1-13(15-5-6-16(20)17(9-15)29-11-14-3-4-14)22-30(26,27)12-28-8-2-7-23-10-18(24)21-19(23)25/h5-6,9,13-14,22H,2-4,7-8,10-12H2,1H3,(H,21,24,25)/t13-/m1/s1. The van der Waals surface area contributed by atoms with Crippen molar-refractivity contribution < 1.29 is 31.9 Å². The van der Waals surface area contributed by atoms with Crippen molar-refractivity contribution in [1.82, 2.24) is 14.9 Å². The number of benzene rings is 1. The maximum atomic E-state index is 13.9. The van der Waals surface area contributed by atoms with E-state index in [1.165, 1.54) is 23.1 Å². The van der Waals surface area contributed by atoms with Crippen LogP contribution in [-0.2, 0) is 19.6 Å². The highest BCUT2D eigenvalue weighted by Gasteiger charge is 2.26. The van der Waals surface area contributed by atoms with E-state index in [0.29, 0.717) is 31.1 Å². The minimum atomic E-state index is -3.74. The number of ether oxygens (including phenoxy) is 2. The molecule has 0 bridgehead atoms. The molecule has 2 fully saturated rings. The first-order valence-electron chi connectivity index (χ1n) is 9.82. The molecule has 0 unspecified atom stereocenters. The Hall–Kier alpha value is -2.24. The molecule has 30 heavy (non-hydrogen) atoms. The number of carbonyl (C=O) groups is 2. The van der Waals surface area contributed by atoms with Crippen LogP contribution >= 0.6 is 0 Å². The van der Waals surface area contributed by atoms with Gasteiger partial charge in [0.05, 0.1) is 6.61 Å². The molecule has 11 heteroatoms. The number of nitrogens with zero attached hydrogens (tertiary/aromatic N) is 1. The summed E-state index contributed by atoms with van der Waals surface area (Å²) in [5.41, 5.74) is 0.579. The van der Waals surface area contributed by atoms with Gasteiger partial charge in [0.25, 0.3) is 0 Å². The Morgan fingerprint density at radius 1 is 1.33 bits per heavy atom. The van der Waals surface area contributed by atoms with Gasteiger partial charge in [0.15, 0.2) is 17.5 Å². The molecule has 1 saturated heterocycles. The summed E-state index contributed by atoms with van der Waals surface area (Å²) in [5, 5.41) is 2.16. The van der Waals surface area contributed by atoms with E-state index < -0.39 is 33.9 Å². The molecule has 2 N–H and O–H groups in total. The first-order chi connectivity index (χ1) is 14.2. The zero-order valence-electron chi connectivity index (χ0n) is 16.7. The monoisotopic (exact) mass is 443 g/mol.